The van der Waals surface area contributed by atoms with Gasteiger partial charge in [0.25, 0.3) is 10.0 Å². The summed E-state index contributed by atoms with van der Waals surface area (Å²) in [5.41, 5.74) is 1.38. The molecular formula is C22H25N3O6S. The number of hydrogen-bond donors (Lipinski definition) is 1. The van der Waals surface area contributed by atoms with Crippen molar-refractivity contribution in [1.82, 2.24) is 0 Å². The number of carbonyl (C=O) groups excluding carboxylic acids is 2. The maximum atomic E-state index is 13.4. The van der Waals surface area contributed by atoms with Crippen molar-refractivity contribution in [3.05, 3.63) is 42.5 Å². The topological polar surface area (TPSA) is 105 Å². The van der Waals surface area contributed by atoms with E-state index >= 15 is 0 Å². The number of hydrogen-bond acceptors (Lipinski definition) is 7. The molecule has 170 valence electrons. The van der Waals surface area contributed by atoms with Crippen LogP contribution in [0.25, 0.3) is 0 Å². The Bertz CT molecular complexity index is 1110. The second-order valence-electron chi connectivity index (χ2n) is 7.53. The van der Waals surface area contributed by atoms with Gasteiger partial charge in [0.2, 0.25) is 11.8 Å². The molecule has 2 heterocycles. The van der Waals surface area contributed by atoms with E-state index in [1.54, 1.807) is 12.1 Å². The van der Waals surface area contributed by atoms with Crippen LogP contribution in [0.3, 0.4) is 0 Å². The summed E-state index contributed by atoms with van der Waals surface area (Å²) >= 11 is 0. The monoisotopic (exact) mass is 459 g/mol. The number of anilines is 3. The summed E-state index contributed by atoms with van der Waals surface area (Å²) in [7, 11) is -2.73. The fourth-order valence-electron chi connectivity index (χ4n) is 3.90. The number of morpholine rings is 1. The number of para-hydroxylation sites is 2. The van der Waals surface area contributed by atoms with Crippen molar-refractivity contribution in [2.45, 2.75) is 24.2 Å². The predicted molar refractivity (Wildman–Crippen MR) is 120 cm³/mol. The minimum absolute atomic E-state index is 0.113. The fraction of sp³-hybridized carbons (Fsp3) is 0.364. The van der Waals surface area contributed by atoms with Gasteiger partial charge < -0.3 is 14.4 Å². The van der Waals surface area contributed by atoms with E-state index in [9.17, 15) is 18.0 Å². The van der Waals surface area contributed by atoms with Gasteiger partial charge in [0.05, 0.1) is 37.4 Å². The number of piperidine rings is 1. The molecule has 0 spiro atoms. The van der Waals surface area contributed by atoms with Crippen molar-refractivity contribution in [2.24, 2.45) is 0 Å². The second kappa shape index (κ2) is 9.17. The molecular weight excluding hydrogens is 434 g/mol. The van der Waals surface area contributed by atoms with Gasteiger partial charge in [-0.3, -0.25) is 19.2 Å². The van der Waals surface area contributed by atoms with Crippen LogP contribution in [0.5, 0.6) is 5.75 Å². The molecule has 32 heavy (non-hydrogen) atoms. The number of carbonyl (C=O) groups is 2. The molecule has 0 unspecified atom stereocenters. The Balaban J connectivity index is 1.70. The van der Waals surface area contributed by atoms with Crippen LogP contribution in [0.15, 0.2) is 47.4 Å². The molecule has 0 radical (unpaired) electrons. The lowest BCUT2D eigenvalue weighted by Crippen LogP contribution is -2.40. The van der Waals surface area contributed by atoms with Crippen LogP contribution in [0.4, 0.5) is 17.1 Å². The molecule has 2 amide bonds. The van der Waals surface area contributed by atoms with E-state index in [0.717, 1.165) is 10.6 Å². The Labute approximate surface area is 187 Å². The molecule has 2 aliphatic heterocycles. The normalized spacial score (nSPS) is 17.4. The number of methoxy groups -OCH3 is 1. The number of ether oxygens (including phenoxy) is 2. The molecule has 2 aromatic rings. The highest BCUT2D eigenvalue weighted by atomic mass is 32.2. The van der Waals surface area contributed by atoms with Crippen molar-refractivity contribution < 1.29 is 27.5 Å². The van der Waals surface area contributed by atoms with Gasteiger partial charge in [0.15, 0.2) is 0 Å². The first-order valence-corrected chi connectivity index (χ1v) is 11.9. The van der Waals surface area contributed by atoms with Crippen LogP contribution in [0, 0.1) is 0 Å². The maximum Gasteiger partial charge on any atom is 0.265 e. The first-order valence-electron chi connectivity index (χ1n) is 10.4. The van der Waals surface area contributed by atoms with Crippen LogP contribution in [0.1, 0.15) is 19.3 Å². The van der Waals surface area contributed by atoms with E-state index < -0.39 is 10.0 Å². The lowest BCUT2D eigenvalue weighted by Gasteiger charge is -2.30. The molecule has 4 rings (SSSR count). The number of nitrogens with zero attached hydrogens (tertiary/aromatic N) is 2. The first kappa shape index (κ1) is 22.1. The van der Waals surface area contributed by atoms with E-state index in [2.05, 4.69) is 9.62 Å². The number of sulfonamides is 1. The highest BCUT2D eigenvalue weighted by Crippen LogP contribution is 2.34. The zero-order valence-electron chi connectivity index (χ0n) is 17.7. The minimum atomic E-state index is -4.10. The van der Waals surface area contributed by atoms with E-state index in [-0.39, 0.29) is 41.0 Å². The predicted octanol–water partition coefficient (Wildman–Crippen LogP) is 2.38. The molecule has 9 nitrogen and oxygen atoms in total. The summed E-state index contributed by atoms with van der Waals surface area (Å²) < 4.78 is 40.1. The first-order chi connectivity index (χ1) is 15.4. The Morgan fingerprint density at radius 2 is 1.69 bits per heavy atom. The highest BCUT2D eigenvalue weighted by Gasteiger charge is 2.30. The second-order valence-corrected chi connectivity index (χ2v) is 9.18. The highest BCUT2D eigenvalue weighted by molar-refractivity contribution is 7.92. The lowest BCUT2D eigenvalue weighted by molar-refractivity contribution is -0.129. The minimum Gasteiger partial charge on any atom is -0.495 e. The molecule has 2 aromatic carbocycles. The average Bonchev–Trinajstić information content (AvgIpc) is 2.79. The molecule has 0 saturated carbocycles. The van der Waals surface area contributed by atoms with Crippen molar-refractivity contribution in [3.63, 3.8) is 0 Å². The molecule has 2 aliphatic rings. The molecule has 0 bridgehead atoms. The van der Waals surface area contributed by atoms with Crippen molar-refractivity contribution in [2.75, 3.05) is 47.9 Å². The molecule has 1 N–H and O–H groups in total. The van der Waals surface area contributed by atoms with Gasteiger partial charge in [-0.05, 0) is 36.8 Å². The van der Waals surface area contributed by atoms with Crippen molar-refractivity contribution in [3.8, 4) is 5.75 Å². The maximum absolute atomic E-state index is 13.4. The van der Waals surface area contributed by atoms with E-state index in [1.807, 2.05) is 12.1 Å². The number of rotatable bonds is 6. The molecule has 0 aliphatic carbocycles. The Morgan fingerprint density at radius 1 is 1.00 bits per heavy atom. The van der Waals surface area contributed by atoms with Crippen molar-refractivity contribution >= 4 is 38.9 Å². The summed E-state index contributed by atoms with van der Waals surface area (Å²) in [6.07, 6.45) is 0.978. The third-order valence-corrected chi connectivity index (χ3v) is 6.86. The molecule has 0 aromatic heterocycles. The Kier molecular flexibility index (Phi) is 6.33. The van der Waals surface area contributed by atoms with Crippen LogP contribution in [-0.2, 0) is 24.3 Å². The molecule has 2 saturated heterocycles. The molecule has 2 fully saturated rings. The zero-order valence-corrected chi connectivity index (χ0v) is 18.6. The summed E-state index contributed by atoms with van der Waals surface area (Å²) in [5.74, 6) is -0.581. The van der Waals surface area contributed by atoms with E-state index in [4.69, 9.17) is 9.47 Å². The summed E-state index contributed by atoms with van der Waals surface area (Å²) in [4.78, 5) is 27.6. The van der Waals surface area contributed by atoms with Gasteiger partial charge in [-0.25, -0.2) is 8.42 Å². The Morgan fingerprint density at radius 3 is 2.38 bits per heavy atom. The smallest absolute Gasteiger partial charge is 0.265 e. The van der Waals surface area contributed by atoms with Crippen LogP contribution in [0.2, 0.25) is 0 Å². The van der Waals surface area contributed by atoms with Gasteiger partial charge in [0, 0.05) is 25.9 Å². The van der Waals surface area contributed by atoms with Crippen LogP contribution < -0.4 is 19.3 Å². The number of amides is 2. The third kappa shape index (κ3) is 4.42. The third-order valence-electron chi connectivity index (χ3n) is 5.48. The van der Waals surface area contributed by atoms with Crippen LogP contribution in [-0.4, -0.2) is 53.6 Å². The SMILES string of the molecule is COc1ccc(N2C(=O)CCCC2=O)cc1S(=O)(=O)Nc1ccccc1N1CCOCC1. The molecule has 0 atom stereocenters. The number of nitrogens with one attached hydrogen (secondary N) is 1. The average molecular weight is 460 g/mol. The fourth-order valence-corrected chi connectivity index (χ4v) is 5.16. The van der Waals surface area contributed by atoms with Gasteiger partial charge in [-0.2, -0.15) is 0 Å². The number of imide groups is 1. The van der Waals surface area contributed by atoms with Gasteiger partial charge in [0.1, 0.15) is 10.6 Å². The zero-order chi connectivity index (χ0) is 22.7. The largest absolute Gasteiger partial charge is 0.495 e. The lowest BCUT2D eigenvalue weighted by atomic mass is 10.1. The van der Waals surface area contributed by atoms with E-state index in [1.165, 1.54) is 25.3 Å². The Hall–Kier alpha value is -3.11. The van der Waals surface area contributed by atoms with Crippen molar-refractivity contribution in [1.29, 1.82) is 0 Å². The van der Waals surface area contributed by atoms with Gasteiger partial charge >= 0.3 is 0 Å². The quantitative estimate of drug-likeness (QED) is 0.661. The summed E-state index contributed by atoms with van der Waals surface area (Å²) in [6.45, 7) is 2.43. The van der Waals surface area contributed by atoms with Gasteiger partial charge in [-0.15, -0.1) is 0 Å². The van der Waals surface area contributed by atoms with Gasteiger partial charge in [-0.1, -0.05) is 12.1 Å². The number of benzene rings is 2. The molecule has 10 heteroatoms. The summed E-state index contributed by atoms with van der Waals surface area (Å²) in [6, 6.07) is 11.4. The van der Waals surface area contributed by atoms with E-state index in [0.29, 0.717) is 38.4 Å². The standard InChI is InChI=1S/C22H25N3O6S/c1-30-19-10-9-16(25-21(26)7-4-8-22(25)27)15-20(19)32(28,29)23-17-5-2-3-6-18(17)24-11-13-31-14-12-24/h2-3,5-6,9-10,15,23H,4,7-8,11-14H2,1H3. The summed E-state index contributed by atoms with van der Waals surface area (Å²) in [5, 5.41) is 0. The van der Waals surface area contributed by atoms with Crippen LogP contribution >= 0.6 is 0 Å².